The molecular formula is C16H30N2O2S. The van der Waals surface area contributed by atoms with Gasteiger partial charge in [-0.2, -0.15) is 0 Å². The minimum atomic E-state index is 0.0402. The number of anilines is 1. The van der Waals surface area contributed by atoms with E-state index in [0.717, 1.165) is 41.6 Å². The Hall–Kier alpha value is -0.650. The molecule has 0 aliphatic heterocycles. The summed E-state index contributed by atoms with van der Waals surface area (Å²) in [6.45, 7) is 11.5. The Morgan fingerprint density at radius 3 is 2.14 bits per heavy atom. The molecule has 0 bridgehead atoms. The fraction of sp³-hybridized carbons (Fsp3) is 0.812. The lowest BCUT2D eigenvalue weighted by Crippen LogP contribution is -2.27. The van der Waals surface area contributed by atoms with Crippen LogP contribution in [0.25, 0.3) is 0 Å². The molecule has 21 heavy (non-hydrogen) atoms. The number of aliphatic hydroxyl groups is 1. The van der Waals surface area contributed by atoms with Crippen molar-refractivity contribution in [3.8, 4) is 0 Å². The van der Waals surface area contributed by atoms with Crippen molar-refractivity contribution in [2.45, 2.75) is 53.8 Å². The van der Waals surface area contributed by atoms with Crippen LogP contribution in [0.3, 0.4) is 0 Å². The lowest BCUT2D eigenvalue weighted by atomic mass is 10.1. The summed E-state index contributed by atoms with van der Waals surface area (Å²) in [4.78, 5) is 7.97. The predicted molar refractivity (Wildman–Crippen MR) is 89.9 cm³/mol. The molecule has 0 aliphatic rings. The second-order valence-corrected chi connectivity index (χ2v) is 7.37. The molecule has 0 atom stereocenters. The number of nitrogens with zero attached hydrogens (tertiary/aromatic N) is 2. The molecule has 5 heteroatoms. The molecular weight excluding hydrogens is 284 g/mol. The van der Waals surface area contributed by atoms with Gasteiger partial charge < -0.3 is 14.7 Å². The van der Waals surface area contributed by atoms with Gasteiger partial charge in [-0.15, -0.1) is 0 Å². The Morgan fingerprint density at radius 2 is 1.71 bits per heavy atom. The molecule has 1 aromatic rings. The minimum Gasteiger partial charge on any atom is -0.391 e. The molecule has 0 fully saturated rings. The first-order valence-corrected chi connectivity index (χ1v) is 8.62. The van der Waals surface area contributed by atoms with Gasteiger partial charge in [0.2, 0.25) is 0 Å². The summed E-state index contributed by atoms with van der Waals surface area (Å²) in [5, 5.41) is 10.5. The molecule has 1 rings (SSSR count). The molecule has 0 unspecified atom stereocenters. The first-order chi connectivity index (χ1) is 9.97. The van der Waals surface area contributed by atoms with Crippen molar-refractivity contribution in [1.29, 1.82) is 0 Å². The van der Waals surface area contributed by atoms with E-state index in [0.29, 0.717) is 18.4 Å². The van der Waals surface area contributed by atoms with Crippen LogP contribution in [0.2, 0.25) is 0 Å². The summed E-state index contributed by atoms with van der Waals surface area (Å²) >= 11 is 1.60. The van der Waals surface area contributed by atoms with E-state index in [9.17, 15) is 5.11 Å². The van der Waals surface area contributed by atoms with Crippen LogP contribution in [0, 0.1) is 11.8 Å². The van der Waals surface area contributed by atoms with Gasteiger partial charge in [-0.3, -0.25) is 0 Å². The molecule has 1 aromatic heterocycles. The average molecular weight is 314 g/mol. The van der Waals surface area contributed by atoms with Crippen LogP contribution in [-0.4, -0.2) is 30.3 Å². The van der Waals surface area contributed by atoms with Crippen molar-refractivity contribution in [3.05, 3.63) is 10.6 Å². The van der Waals surface area contributed by atoms with Crippen LogP contribution in [0.4, 0.5) is 5.13 Å². The summed E-state index contributed by atoms with van der Waals surface area (Å²) < 4.78 is 5.17. The lowest BCUT2D eigenvalue weighted by Gasteiger charge is -2.23. The second kappa shape index (κ2) is 9.38. The summed E-state index contributed by atoms with van der Waals surface area (Å²) in [5.74, 6) is 1.37. The molecule has 0 aromatic carbocycles. The number of ether oxygens (including phenoxy) is 1. The van der Waals surface area contributed by atoms with Crippen molar-refractivity contribution in [2.24, 2.45) is 11.8 Å². The van der Waals surface area contributed by atoms with Crippen molar-refractivity contribution >= 4 is 16.5 Å². The van der Waals surface area contributed by atoms with Crippen molar-refractivity contribution < 1.29 is 9.84 Å². The fourth-order valence-electron chi connectivity index (χ4n) is 2.01. The molecule has 1 heterocycles. The standard InChI is InChI=1S/C16H30N2O2S/c1-12(2)6-8-18(9-7-13(3)4)16-17-14(11-20-5)15(10-19)21-16/h12-13,19H,6-11H2,1-5H3. The highest BCUT2D eigenvalue weighted by molar-refractivity contribution is 7.15. The highest BCUT2D eigenvalue weighted by Gasteiger charge is 2.16. The molecule has 0 saturated heterocycles. The topological polar surface area (TPSA) is 45.6 Å². The van der Waals surface area contributed by atoms with E-state index in [1.807, 2.05) is 0 Å². The number of hydrogen-bond acceptors (Lipinski definition) is 5. The molecule has 0 saturated carbocycles. The van der Waals surface area contributed by atoms with Crippen LogP contribution in [0.1, 0.15) is 51.1 Å². The quantitative estimate of drug-likeness (QED) is 0.715. The molecule has 0 spiro atoms. The predicted octanol–water partition coefficient (Wildman–Crippen LogP) is 3.68. The van der Waals surface area contributed by atoms with E-state index in [-0.39, 0.29) is 6.61 Å². The maximum Gasteiger partial charge on any atom is 0.185 e. The first-order valence-electron chi connectivity index (χ1n) is 7.81. The number of aliphatic hydroxyl groups excluding tert-OH is 1. The van der Waals surface area contributed by atoms with Gasteiger partial charge >= 0.3 is 0 Å². The zero-order valence-electron chi connectivity index (χ0n) is 14.1. The molecule has 0 radical (unpaired) electrons. The van der Waals surface area contributed by atoms with Gasteiger partial charge in [0.15, 0.2) is 5.13 Å². The molecule has 0 aliphatic carbocycles. The van der Waals surface area contributed by atoms with E-state index in [2.05, 4.69) is 37.6 Å². The van der Waals surface area contributed by atoms with E-state index < -0.39 is 0 Å². The SMILES string of the molecule is COCc1nc(N(CCC(C)C)CCC(C)C)sc1CO. The van der Waals surface area contributed by atoms with Gasteiger partial charge in [0.1, 0.15) is 0 Å². The van der Waals surface area contributed by atoms with E-state index in [1.165, 1.54) is 0 Å². The molecule has 122 valence electrons. The van der Waals surface area contributed by atoms with Gasteiger partial charge in [-0.05, 0) is 24.7 Å². The molecule has 0 amide bonds. The van der Waals surface area contributed by atoms with Gasteiger partial charge in [0.05, 0.1) is 23.8 Å². The van der Waals surface area contributed by atoms with Gasteiger partial charge in [0.25, 0.3) is 0 Å². The highest BCUT2D eigenvalue weighted by atomic mass is 32.1. The van der Waals surface area contributed by atoms with Gasteiger partial charge in [-0.25, -0.2) is 4.98 Å². The Morgan fingerprint density at radius 1 is 1.14 bits per heavy atom. The minimum absolute atomic E-state index is 0.0402. The molecule has 4 nitrogen and oxygen atoms in total. The third kappa shape index (κ3) is 6.32. The third-order valence-electron chi connectivity index (χ3n) is 3.41. The van der Waals surface area contributed by atoms with E-state index in [1.54, 1.807) is 18.4 Å². The Bertz CT molecular complexity index is 393. The Labute approximate surface area is 133 Å². The van der Waals surface area contributed by atoms with Gasteiger partial charge in [0, 0.05) is 20.2 Å². The van der Waals surface area contributed by atoms with E-state index >= 15 is 0 Å². The Balaban J connectivity index is 2.84. The summed E-state index contributed by atoms with van der Waals surface area (Å²) in [5.41, 5.74) is 0.874. The fourth-order valence-corrected chi connectivity index (χ4v) is 2.98. The average Bonchev–Trinajstić information content (AvgIpc) is 2.81. The maximum absolute atomic E-state index is 9.47. The summed E-state index contributed by atoms with van der Waals surface area (Å²) in [6.07, 6.45) is 2.32. The maximum atomic E-state index is 9.47. The lowest BCUT2D eigenvalue weighted by molar-refractivity contribution is 0.179. The van der Waals surface area contributed by atoms with Crippen molar-refractivity contribution in [3.63, 3.8) is 0 Å². The van der Waals surface area contributed by atoms with Crippen LogP contribution in [-0.2, 0) is 18.0 Å². The summed E-state index contributed by atoms with van der Waals surface area (Å²) in [6, 6.07) is 0. The number of thiazole rings is 1. The second-order valence-electron chi connectivity index (χ2n) is 6.31. The first kappa shape index (κ1) is 18.4. The van der Waals surface area contributed by atoms with Crippen LogP contribution < -0.4 is 4.90 Å². The third-order valence-corrected chi connectivity index (χ3v) is 4.56. The van der Waals surface area contributed by atoms with Gasteiger partial charge in [-0.1, -0.05) is 39.0 Å². The highest BCUT2D eigenvalue weighted by Crippen LogP contribution is 2.28. The van der Waals surface area contributed by atoms with Crippen LogP contribution >= 0.6 is 11.3 Å². The largest absolute Gasteiger partial charge is 0.391 e. The monoisotopic (exact) mass is 314 g/mol. The van der Waals surface area contributed by atoms with Crippen molar-refractivity contribution in [2.75, 3.05) is 25.1 Å². The number of methoxy groups -OCH3 is 1. The number of rotatable bonds is 10. The number of hydrogen-bond donors (Lipinski definition) is 1. The zero-order valence-corrected chi connectivity index (χ0v) is 14.9. The van der Waals surface area contributed by atoms with Crippen LogP contribution in [0.5, 0.6) is 0 Å². The Kier molecular flexibility index (Phi) is 8.22. The van der Waals surface area contributed by atoms with E-state index in [4.69, 9.17) is 4.74 Å². The normalized spacial score (nSPS) is 11.6. The molecule has 1 N–H and O–H groups in total. The summed E-state index contributed by atoms with van der Waals surface area (Å²) in [7, 11) is 1.66. The smallest absolute Gasteiger partial charge is 0.185 e. The van der Waals surface area contributed by atoms with Crippen LogP contribution in [0.15, 0.2) is 0 Å². The zero-order chi connectivity index (χ0) is 15.8. The van der Waals surface area contributed by atoms with Crippen molar-refractivity contribution in [1.82, 2.24) is 4.98 Å². The number of aromatic nitrogens is 1.